The molecule has 0 spiro atoms. The number of carboxylic acids is 1. The van der Waals surface area contributed by atoms with E-state index in [9.17, 15) is 4.79 Å². The van der Waals surface area contributed by atoms with Gasteiger partial charge in [0.1, 0.15) is 5.56 Å². The zero-order chi connectivity index (χ0) is 13.1. The summed E-state index contributed by atoms with van der Waals surface area (Å²) >= 11 is 0. The van der Waals surface area contributed by atoms with E-state index in [0.717, 1.165) is 24.7 Å². The van der Waals surface area contributed by atoms with Crippen LogP contribution in [0.25, 0.3) is 0 Å². The lowest BCUT2D eigenvalue weighted by molar-refractivity contribution is 0.0694. The maximum absolute atomic E-state index is 11.1. The average Bonchev–Trinajstić information content (AvgIpc) is 2.89. The van der Waals surface area contributed by atoms with E-state index in [1.54, 1.807) is 11.7 Å². The number of carbonyl (C=O) groups is 1. The lowest BCUT2D eigenvalue weighted by atomic mass is 10.0. The molecule has 1 N–H and O–H groups in total. The van der Waals surface area contributed by atoms with E-state index >= 15 is 0 Å². The monoisotopic (exact) mass is 251 g/mol. The smallest absolute Gasteiger partial charge is 0.339 e. The van der Waals surface area contributed by atoms with E-state index in [-0.39, 0.29) is 0 Å². The van der Waals surface area contributed by atoms with Crippen molar-refractivity contribution in [2.75, 3.05) is 13.1 Å². The quantitative estimate of drug-likeness (QED) is 0.866. The van der Waals surface area contributed by atoms with E-state index < -0.39 is 5.97 Å². The van der Waals surface area contributed by atoms with Crippen LogP contribution in [0.3, 0.4) is 0 Å². The number of carboxylic acid groups (broad SMARTS) is 1. The number of nitrogens with zero attached hydrogens (tertiary/aromatic N) is 3. The van der Waals surface area contributed by atoms with Crippen molar-refractivity contribution in [1.29, 1.82) is 0 Å². The lowest BCUT2D eigenvalue weighted by Crippen LogP contribution is -2.23. The van der Waals surface area contributed by atoms with Gasteiger partial charge in [0.2, 0.25) is 0 Å². The van der Waals surface area contributed by atoms with E-state index in [2.05, 4.69) is 16.9 Å². The van der Waals surface area contributed by atoms with Crippen LogP contribution in [0.15, 0.2) is 6.20 Å². The normalized spacial score (nSPS) is 20.4. The summed E-state index contributed by atoms with van der Waals surface area (Å²) < 4.78 is 1.68. The van der Waals surface area contributed by atoms with Crippen LogP contribution in [0.4, 0.5) is 0 Å². The molecule has 0 bridgehead atoms. The Kier molecular flexibility index (Phi) is 4.01. The fourth-order valence-corrected chi connectivity index (χ4v) is 2.74. The molecule has 1 fully saturated rings. The minimum atomic E-state index is -0.887. The van der Waals surface area contributed by atoms with Crippen LogP contribution >= 0.6 is 0 Å². The number of aromatic carboxylic acids is 1. The first-order chi connectivity index (χ1) is 8.61. The highest BCUT2D eigenvalue weighted by Crippen LogP contribution is 2.23. The number of likely N-dealkylation sites (tertiary alicyclic amines) is 1. The molecule has 5 heteroatoms. The SMILES string of the molecule is CCCC1CCN(Cc2c(C(=O)O)cnn2C)C1. The summed E-state index contributed by atoms with van der Waals surface area (Å²) in [6, 6.07) is 0. The van der Waals surface area contributed by atoms with Crippen molar-refractivity contribution in [1.82, 2.24) is 14.7 Å². The van der Waals surface area contributed by atoms with Gasteiger partial charge in [-0.25, -0.2) is 4.79 Å². The Labute approximate surface area is 107 Å². The average molecular weight is 251 g/mol. The van der Waals surface area contributed by atoms with Crippen LogP contribution in [-0.2, 0) is 13.6 Å². The molecule has 0 saturated carbocycles. The fraction of sp³-hybridized carbons (Fsp3) is 0.692. The third kappa shape index (κ3) is 2.72. The van der Waals surface area contributed by atoms with E-state index in [0.29, 0.717) is 12.1 Å². The summed E-state index contributed by atoms with van der Waals surface area (Å²) in [6.45, 7) is 5.05. The molecule has 2 heterocycles. The van der Waals surface area contributed by atoms with Gasteiger partial charge in [0.15, 0.2) is 0 Å². The van der Waals surface area contributed by atoms with E-state index in [1.165, 1.54) is 25.5 Å². The summed E-state index contributed by atoms with van der Waals surface area (Å²) in [5.41, 5.74) is 1.14. The van der Waals surface area contributed by atoms with E-state index in [4.69, 9.17) is 5.11 Å². The van der Waals surface area contributed by atoms with Crippen LogP contribution in [-0.4, -0.2) is 38.8 Å². The summed E-state index contributed by atoms with van der Waals surface area (Å²) in [5, 5.41) is 13.2. The van der Waals surface area contributed by atoms with Crippen molar-refractivity contribution in [3.8, 4) is 0 Å². The van der Waals surface area contributed by atoms with Gasteiger partial charge in [0, 0.05) is 20.1 Å². The standard InChI is InChI=1S/C13H21N3O2/c1-3-4-10-5-6-16(8-10)9-12-11(13(17)18)7-14-15(12)2/h7,10H,3-6,8-9H2,1-2H3,(H,17,18). The Morgan fingerprint density at radius 2 is 2.39 bits per heavy atom. The summed E-state index contributed by atoms with van der Waals surface area (Å²) in [6.07, 6.45) is 5.17. The van der Waals surface area contributed by atoms with Gasteiger partial charge >= 0.3 is 5.97 Å². The molecule has 1 aliphatic rings. The molecular formula is C13H21N3O2. The summed E-state index contributed by atoms with van der Waals surface area (Å²) in [7, 11) is 1.81. The molecule has 1 unspecified atom stereocenters. The molecule has 5 nitrogen and oxygen atoms in total. The van der Waals surface area contributed by atoms with Crippen LogP contribution in [0.1, 0.15) is 42.2 Å². The highest BCUT2D eigenvalue weighted by molar-refractivity contribution is 5.88. The Morgan fingerprint density at radius 3 is 3.06 bits per heavy atom. The van der Waals surface area contributed by atoms with Crippen molar-refractivity contribution in [2.24, 2.45) is 13.0 Å². The highest BCUT2D eigenvalue weighted by Gasteiger charge is 2.24. The Bertz CT molecular complexity index is 428. The highest BCUT2D eigenvalue weighted by atomic mass is 16.4. The second kappa shape index (κ2) is 5.52. The van der Waals surface area contributed by atoms with Crippen molar-refractivity contribution in [3.63, 3.8) is 0 Å². The van der Waals surface area contributed by atoms with Crippen LogP contribution in [0.2, 0.25) is 0 Å². The minimum absolute atomic E-state index is 0.330. The molecule has 2 rings (SSSR count). The van der Waals surface area contributed by atoms with E-state index in [1.807, 2.05) is 0 Å². The molecule has 0 aromatic carbocycles. The maximum atomic E-state index is 11.1. The molecule has 18 heavy (non-hydrogen) atoms. The van der Waals surface area contributed by atoms with Gasteiger partial charge in [-0.2, -0.15) is 5.10 Å². The van der Waals surface area contributed by atoms with Crippen molar-refractivity contribution in [2.45, 2.75) is 32.7 Å². The van der Waals surface area contributed by atoms with Gasteiger partial charge < -0.3 is 5.11 Å². The zero-order valence-electron chi connectivity index (χ0n) is 11.1. The van der Waals surface area contributed by atoms with Gasteiger partial charge in [0.05, 0.1) is 11.9 Å². The van der Waals surface area contributed by atoms with Crippen LogP contribution < -0.4 is 0 Å². The van der Waals surface area contributed by atoms with Gasteiger partial charge in [-0.1, -0.05) is 13.3 Å². The number of aryl methyl sites for hydroxylation is 1. The topological polar surface area (TPSA) is 58.4 Å². The number of hydrogen-bond acceptors (Lipinski definition) is 3. The summed E-state index contributed by atoms with van der Waals surface area (Å²) in [4.78, 5) is 13.4. The Balaban J connectivity index is 2.02. The molecule has 1 aliphatic heterocycles. The number of aromatic nitrogens is 2. The van der Waals surface area contributed by atoms with Gasteiger partial charge in [-0.3, -0.25) is 9.58 Å². The predicted molar refractivity (Wildman–Crippen MR) is 68.5 cm³/mol. The number of rotatable bonds is 5. The van der Waals surface area contributed by atoms with Gasteiger partial charge in [-0.15, -0.1) is 0 Å². The number of hydrogen-bond donors (Lipinski definition) is 1. The molecule has 1 atom stereocenters. The van der Waals surface area contributed by atoms with Crippen LogP contribution in [0.5, 0.6) is 0 Å². The first-order valence-corrected chi connectivity index (χ1v) is 6.58. The van der Waals surface area contributed by atoms with Gasteiger partial charge in [-0.05, 0) is 25.3 Å². The molecule has 0 aliphatic carbocycles. The lowest BCUT2D eigenvalue weighted by Gasteiger charge is -2.16. The van der Waals surface area contributed by atoms with Crippen molar-refractivity contribution in [3.05, 3.63) is 17.5 Å². The molecule has 100 valence electrons. The second-order valence-corrected chi connectivity index (χ2v) is 5.11. The first kappa shape index (κ1) is 13.1. The molecule has 1 aromatic rings. The molecule has 1 aromatic heterocycles. The summed E-state index contributed by atoms with van der Waals surface area (Å²) in [5.74, 6) is -0.112. The third-order valence-corrected chi connectivity index (χ3v) is 3.73. The fourth-order valence-electron chi connectivity index (χ4n) is 2.74. The van der Waals surface area contributed by atoms with Gasteiger partial charge in [0.25, 0.3) is 0 Å². The third-order valence-electron chi connectivity index (χ3n) is 3.73. The predicted octanol–water partition coefficient (Wildman–Crippen LogP) is 1.74. The Morgan fingerprint density at radius 1 is 1.61 bits per heavy atom. The van der Waals surface area contributed by atoms with Crippen molar-refractivity contribution >= 4 is 5.97 Å². The molecule has 1 saturated heterocycles. The molecule has 0 amide bonds. The molecule has 0 radical (unpaired) electrons. The zero-order valence-corrected chi connectivity index (χ0v) is 11.1. The maximum Gasteiger partial charge on any atom is 0.339 e. The largest absolute Gasteiger partial charge is 0.478 e. The Hall–Kier alpha value is -1.36. The second-order valence-electron chi connectivity index (χ2n) is 5.11. The van der Waals surface area contributed by atoms with Crippen molar-refractivity contribution < 1.29 is 9.90 Å². The molecular weight excluding hydrogens is 230 g/mol. The minimum Gasteiger partial charge on any atom is -0.478 e. The first-order valence-electron chi connectivity index (χ1n) is 6.58. The van der Waals surface area contributed by atoms with Crippen LogP contribution in [0, 0.1) is 5.92 Å².